The number of aryl methyl sites for hydroxylation is 1. The molecule has 1 atom stereocenters. The summed E-state index contributed by atoms with van der Waals surface area (Å²) < 4.78 is 3.09. The summed E-state index contributed by atoms with van der Waals surface area (Å²) in [5, 5.41) is 17.3. The number of nitrogens with one attached hydrogen (secondary N) is 1. The van der Waals surface area contributed by atoms with Crippen LogP contribution in [0.3, 0.4) is 0 Å². The molecule has 0 saturated heterocycles. The first kappa shape index (κ1) is 14.7. The predicted molar refractivity (Wildman–Crippen MR) is 77.9 cm³/mol. The lowest BCUT2D eigenvalue weighted by atomic mass is 10.2. The number of nitrogens with zero attached hydrogens (tertiary/aromatic N) is 3. The van der Waals surface area contributed by atoms with Crippen molar-refractivity contribution >= 4 is 5.52 Å². The first-order chi connectivity index (χ1) is 9.47. The summed E-state index contributed by atoms with van der Waals surface area (Å²) in [6, 6.07) is 1.75. The van der Waals surface area contributed by atoms with Gasteiger partial charge in [0.2, 0.25) is 0 Å². The van der Waals surface area contributed by atoms with Crippen LogP contribution in [0, 0.1) is 12.8 Å². The Labute approximate surface area is 118 Å². The van der Waals surface area contributed by atoms with Crippen LogP contribution in [0.2, 0.25) is 0 Å². The van der Waals surface area contributed by atoms with Crippen molar-refractivity contribution in [3.8, 4) is 0 Å². The zero-order valence-electron chi connectivity index (χ0n) is 12.2. The quantitative estimate of drug-likeness (QED) is 0.803. The summed E-state index contributed by atoms with van der Waals surface area (Å²) in [5.41, 5.74) is 1.21. The third kappa shape index (κ3) is 3.46. The van der Waals surface area contributed by atoms with Crippen LogP contribution < -0.4 is 10.9 Å². The van der Waals surface area contributed by atoms with Gasteiger partial charge in [0.15, 0.2) is 0 Å². The van der Waals surface area contributed by atoms with Crippen LogP contribution in [0.15, 0.2) is 23.3 Å². The normalized spacial score (nSPS) is 13.2. The Balaban J connectivity index is 2.06. The van der Waals surface area contributed by atoms with Gasteiger partial charge in [-0.25, -0.2) is 4.52 Å². The standard InChI is InChI=1S/C14H22N4O2/c1-10(2)7-15-8-12(19)9-17-4-5-18-13(14(17)20)6-11(3)16-18/h4-6,10,12,15,19H,7-9H2,1-3H3. The Morgan fingerprint density at radius 3 is 2.80 bits per heavy atom. The van der Waals surface area contributed by atoms with Crippen molar-refractivity contribution in [2.24, 2.45) is 5.92 Å². The molecular weight excluding hydrogens is 256 g/mol. The fourth-order valence-electron chi connectivity index (χ4n) is 2.12. The fraction of sp³-hybridized carbons (Fsp3) is 0.571. The zero-order chi connectivity index (χ0) is 14.7. The van der Waals surface area contributed by atoms with E-state index in [2.05, 4.69) is 24.3 Å². The number of aliphatic hydroxyl groups is 1. The second-order valence-corrected chi connectivity index (χ2v) is 5.58. The van der Waals surface area contributed by atoms with Crippen LogP contribution in [0.25, 0.3) is 5.52 Å². The Hall–Kier alpha value is -1.66. The molecule has 0 bridgehead atoms. The Morgan fingerprint density at radius 1 is 1.35 bits per heavy atom. The highest BCUT2D eigenvalue weighted by molar-refractivity contribution is 5.44. The van der Waals surface area contributed by atoms with Gasteiger partial charge in [0.1, 0.15) is 5.52 Å². The molecule has 6 heteroatoms. The van der Waals surface area contributed by atoms with Gasteiger partial charge >= 0.3 is 0 Å². The minimum Gasteiger partial charge on any atom is -0.390 e. The van der Waals surface area contributed by atoms with Gasteiger partial charge in [-0.1, -0.05) is 13.8 Å². The maximum absolute atomic E-state index is 12.2. The summed E-state index contributed by atoms with van der Waals surface area (Å²) in [7, 11) is 0. The van der Waals surface area contributed by atoms with Crippen molar-refractivity contribution in [3.63, 3.8) is 0 Å². The first-order valence-corrected chi connectivity index (χ1v) is 6.91. The highest BCUT2D eigenvalue weighted by Crippen LogP contribution is 2.00. The number of hydrogen-bond acceptors (Lipinski definition) is 4. The lowest BCUT2D eigenvalue weighted by Crippen LogP contribution is -2.35. The largest absolute Gasteiger partial charge is 0.390 e. The molecule has 0 saturated carbocycles. The predicted octanol–water partition coefficient (Wildman–Crippen LogP) is 0.411. The molecule has 2 heterocycles. The molecule has 0 fully saturated rings. The average molecular weight is 278 g/mol. The highest BCUT2D eigenvalue weighted by atomic mass is 16.3. The molecular formula is C14H22N4O2. The molecule has 6 nitrogen and oxygen atoms in total. The monoisotopic (exact) mass is 278 g/mol. The number of aromatic nitrogens is 3. The fourth-order valence-corrected chi connectivity index (χ4v) is 2.12. The van der Waals surface area contributed by atoms with Gasteiger partial charge in [0.25, 0.3) is 5.56 Å². The van der Waals surface area contributed by atoms with Crippen LogP contribution in [-0.4, -0.2) is 38.5 Å². The van der Waals surface area contributed by atoms with E-state index in [4.69, 9.17) is 0 Å². The van der Waals surface area contributed by atoms with Gasteiger partial charge in [0.05, 0.1) is 18.3 Å². The molecule has 2 N–H and O–H groups in total. The molecule has 0 amide bonds. The smallest absolute Gasteiger partial charge is 0.276 e. The molecule has 2 aromatic rings. The number of aliphatic hydroxyl groups excluding tert-OH is 1. The van der Waals surface area contributed by atoms with E-state index in [1.807, 2.05) is 6.92 Å². The lowest BCUT2D eigenvalue weighted by Gasteiger charge is -2.14. The second-order valence-electron chi connectivity index (χ2n) is 5.58. The summed E-state index contributed by atoms with van der Waals surface area (Å²) in [6.45, 7) is 7.69. The molecule has 0 aliphatic heterocycles. The van der Waals surface area contributed by atoms with Gasteiger partial charge < -0.3 is 15.0 Å². The Bertz CT molecular complexity index is 630. The van der Waals surface area contributed by atoms with Crippen molar-refractivity contribution in [1.29, 1.82) is 0 Å². The van der Waals surface area contributed by atoms with E-state index in [-0.39, 0.29) is 12.1 Å². The van der Waals surface area contributed by atoms with Gasteiger partial charge in [0, 0.05) is 18.9 Å². The zero-order valence-corrected chi connectivity index (χ0v) is 12.2. The van der Waals surface area contributed by atoms with Crippen molar-refractivity contribution in [2.75, 3.05) is 13.1 Å². The minimum atomic E-state index is -0.585. The Morgan fingerprint density at radius 2 is 2.10 bits per heavy atom. The average Bonchev–Trinajstić information content (AvgIpc) is 2.74. The maximum Gasteiger partial charge on any atom is 0.276 e. The topological polar surface area (TPSA) is 71.6 Å². The SMILES string of the molecule is Cc1cc2c(=O)n(CC(O)CNCC(C)C)ccn2n1. The van der Waals surface area contributed by atoms with E-state index < -0.39 is 6.10 Å². The number of fused-ring (bicyclic) bond motifs is 1. The van der Waals surface area contributed by atoms with E-state index >= 15 is 0 Å². The third-order valence-corrected chi connectivity index (χ3v) is 3.07. The first-order valence-electron chi connectivity index (χ1n) is 6.91. The van der Waals surface area contributed by atoms with Gasteiger partial charge in [-0.3, -0.25) is 4.79 Å². The number of rotatable bonds is 6. The molecule has 0 aliphatic carbocycles. The van der Waals surface area contributed by atoms with Gasteiger partial charge in [-0.15, -0.1) is 0 Å². The second kappa shape index (κ2) is 6.19. The van der Waals surface area contributed by atoms with Crippen molar-refractivity contribution < 1.29 is 5.11 Å². The molecule has 110 valence electrons. The van der Waals surface area contributed by atoms with Crippen LogP contribution in [0.1, 0.15) is 19.5 Å². The van der Waals surface area contributed by atoms with Crippen LogP contribution >= 0.6 is 0 Å². The van der Waals surface area contributed by atoms with E-state index in [9.17, 15) is 9.90 Å². The van der Waals surface area contributed by atoms with Crippen LogP contribution in [-0.2, 0) is 6.54 Å². The number of hydrogen-bond donors (Lipinski definition) is 2. The van der Waals surface area contributed by atoms with E-state index in [0.29, 0.717) is 18.0 Å². The van der Waals surface area contributed by atoms with E-state index in [0.717, 1.165) is 12.2 Å². The molecule has 2 aromatic heterocycles. The molecule has 20 heavy (non-hydrogen) atoms. The van der Waals surface area contributed by atoms with Crippen LogP contribution in [0.4, 0.5) is 0 Å². The Kier molecular flexibility index (Phi) is 4.57. The minimum absolute atomic E-state index is 0.129. The molecule has 0 aromatic carbocycles. The van der Waals surface area contributed by atoms with Crippen molar-refractivity contribution in [3.05, 3.63) is 34.5 Å². The summed E-state index contributed by atoms with van der Waals surface area (Å²) >= 11 is 0. The molecule has 2 rings (SSSR count). The van der Waals surface area contributed by atoms with Gasteiger partial charge in [-0.05, 0) is 25.5 Å². The molecule has 0 spiro atoms. The summed E-state index contributed by atoms with van der Waals surface area (Å²) in [6.07, 6.45) is 2.81. The van der Waals surface area contributed by atoms with Crippen molar-refractivity contribution in [1.82, 2.24) is 19.5 Å². The van der Waals surface area contributed by atoms with Gasteiger partial charge in [-0.2, -0.15) is 5.10 Å². The van der Waals surface area contributed by atoms with E-state index in [1.54, 1.807) is 23.0 Å². The summed E-state index contributed by atoms with van der Waals surface area (Å²) in [4.78, 5) is 12.2. The lowest BCUT2D eigenvalue weighted by molar-refractivity contribution is 0.149. The molecule has 0 radical (unpaired) electrons. The van der Waals surface area contributed by atoms with Crippen LogP contribution in [0.5, 0.6) is 0 Å². The molecule has 0 aliphatic rings. The maximum atomic E-state index is 12.2. The summed E-state index contributed by atoms with van der Waals surface area (Å²) in [5.74, 6) is 0.538. The van der Waals surface area contributed by atoms with Crippen molar-refractivity contribution in [2.45, 2.75) is 33.4 Å². The highest BCUT2D eigenvalue weighted by Gasteiger charge is 2.09. The third-order valence-electron chi connectivity index (χ3n) is 3.07. The van der Waals surface area contributed by atoms with E-state index in [1.165, 1.54) is 4.57 Å². The molecule has 1 unspecified atom stereocenters.